The fourth-order valence-electron chi connectivity index (χ4n) is 2.35. The maximum Gasteiger partial charge on any atom is 0.375 e. The molecule has 21 heavy (non-hydrogen) atoms. The van der Waals surface area contributed by atoms with E-state index in [9.17, 15) is 14.4 Å². The monoisotopic (exact) mass is 310 g/mol. The van der Waals surface area contributed by atoms with Crippen molar-refractivity contribution in [3.05, 3.63) is 28.8 Å². The molecule has 1 aromatic carbocycles. The smallest absolute Gasteiger partial charge is 0.375 e. The molecule has 1 heterocycles. The second kappa shape index (κ2) is 5.48. The molecule has 1 aromatic rings. The standard InChI is InChI=1S/C15H15ClO5/c1-4-20-14(19)13(18)11-12(17)9-7-8(16)5-6-10(9)21-15(11,2)3/h5-7,11H,4H2,1-3H3. The first-order chi connectivity index (χ1) is 9.77. The van der Waals surface area contributed by atoms with Crippen LogP contribution in [0.5, 0.6) is 5.75 Å². The molecular formula is C15H15ClO5. The minimum atomic E-state index is -1.25. The molecule has 0 fully saturated rings. The Hall–Kier alpha value is -1.88. The molecule has 0 N–H and O–H groups in total. The van der Waals surface area contributed by atoms with Crippen molar-refractivity contribution >= 4 is 29.1 Å². The van der Waals surface area contributed by atoms with Gasteiger partial charge in [-0.15, -0.1) is 0 Å². The first-order valence-electron chi connectivity index (χ1n) is 6.51. The lowest BCUT2D eigenvalue weighted by Crippen LogP contribution is -2.52. The van der Waals surface area contributed by atoms with E-state index in [1.165, 1.54) is 6.07 Å². The SMILES string of the molecule is CCOC(=O)C(=O)C1C(=O)c2cc(Cl)ccc2OC1(C)C. The number of ether oxygens (including phenoxy) is 2. The van der Waals surface area contributed by atoms with E-state index in [-0.39, 0.29) is 12.2 Å². The topological polar surface area (TPSA) is 69.7 Å². The number of ketones is 2. The summed E-state index contributed by atoms with van der Waals surface area (Å²) in [7, 11) is 0. The number of esters is 1. The van der Waals surface area contributed by atoms with Crippen LogP contribution in [0.3, 0.4) is 0 Å². The van der Waals surface area contributed by atoms with Gasteiger partial charge in [0.2, 0.25) is 0 Å². The van der Waals surface area contributed by atoms with Crippen LogP contribution in [0.1, 0.15) is 31.1 Å². The third-order valence-corrected chi connectivity index (χ3v) is 3.51. The van der Waals surface area contributed by atoms with Crippen LogP contribution in [-0.2, 0) is 14.3 Å². The van der Waals surface area contributed by atoms with Crippen LogP contribution in [-0.4, -0.2) is 29.7 Å². The average Bonchev–Trinajstić information content (AvgIpc) is 2.39. The summed E-state index contributed by atoms with van der Waals surface area (Å²) in [6, 6.07) is 4.60. The van der Waals surface area contributed by atoms with Crippen LogP contribution < -0.4 is 4.74 Å². The second-order valence-electron chi connectivity index (χ2n) is 5.23. The Bertz CT molecular complexity index is 620. The Balaban J connectivity index is 2.45. The van der Waals surface area contributed by atoms with Crippen LogP contribution in [0.15, 0.2) is 18.2 Å². The Morgan fingerprint density at radius 1 is 1.38 bits per heavy atom. The summed E-state index contributed by atoms with van der Waals surface area (Å²) in [5.41, 5.74) is -0.939. The number of carbonyl (C=O) groups excluding carboxylic acids is 3. The largest absolute Gasteiger partial charge is 0.486 e. The number of hydrogen-bond donors (Lipinski definition) is 0. The van der Waals surface area contributed by atoms with E-state index in [0.717, 1.165) is 0 Å². The molecule has 0 amide bonds. The predicted molar refractivity (Wildman–Crippen MR) is 75.6 cm³/mol. The highest BCUT2D eigenvalue weighted by Gasteiger charge is 2.50. The van der Waals surface area contributed by atoms with Crippen LogP contribution in [0.4, 0.5) is 0 Å². The van der Waals surface area contributed by atoms with Gasteiger partial charge in [0, 0.05) is 5.02 Å². The number of hydrogen-bond acceptors (Lipinski definition) is 5. The number of benzene rings is 1. The molecule has 2 rings (SSSR count). The first-order valence-corrected chi connectivity index (χ1v) is 6.89. The predicted octanol–water partition coefficient (Wildman–Crippen LogP) is 2.44. The average molecular weight is 311 g/mol. The van der Waals surface area contributed by atoms with Gasteiger partial charge in [-0.25, -0.2) is 4.79 Å². The second-order valence-corrected chi connectivity index (χ2v) is 5.66. The van der Waals surface area contributed by atoms with Crippen LogP contribution >= 0.6 is 11.6 Å². The fraction of sp³-hybridized carbons (Fsp3) is 0.400. The molecule has 0 radical (unpaired) electrons. The maximum absolute atomic E-state index is 12.6. The zero-order valence-corrected chi connectivity index (χ0v) is 12.7. The zero-order valence-electron chi connectivity index (χ0n) is 11.9. The van der Waals surface area contributed by atoms with Gasteiger partial charge in [0.25, 0.3) is 5.78 Å². The van der Waals surface area contributed by atoms with Crippen molar-refractivity contribution in [1.29, 1.82) is 0 Å². The molecule has 0 aliphatic carbocycles. The summed E-state index contributed by atoms with van der Waals surface area (Å²) in [4.78, 5) is 36.4. The lowest BCUT2D eigenvalue weighted by molar-refractivity contribution is -0.157. The number of carbonyl (C=O) groups is 3. The summed E-state index contributed by atoms with van der Waals surface area (Å²) in [6.45, 7) is 4.83. The molecule has 112 valence electrons. The van der Waals surface area contributed by atoms with Crippen molar-refractivity contribution in [2.24, 2.45) is 5.92 Å². The third-order valence-electron chi connectivity index (χ3n) is 3.28. The van der Waals surface area contributed by atoms with Gasteiger partial charge in [-0.3, -0.25) is 9.59 Å². The summed E-state index contributed by atoms with van der Waals surface area (Å²) < 4.78 is 10.4. The lowest BCUT2D eigenvalue weighted by atomic mass is 9.78. The molecule has 1 unspecified atom stereocenters. The van der Waals surface area contributed by atoms with Crippen molar-refractivity contribution in [2.75, 3.05) is 6.61 Å². The summed E-state index contributed by atoms with van der Waals surface area (Å²) in [6.07, 6.45) is 0. The van der Waals surface area contributed by atoms with Gasteiger partial charge in [-0.05, 0) is 39.0 Å². The molecule has 0 spiro atoms. The Morgan fingerprint density at radius 3 is 2.67 bits per heavy atom. The highest BCUT2D eigenvalue weighted by Crippen LogP contribution is 2.38. The van der Waals surface area contributed by atoms with Crippen molar-refractivity contribution in [2.45, 2.75) is 26.4 Å². The highest BCUT2D eigenvalue weighted by molar-refractivity contribution is 6.40. The van der Waals surface area contributed by atoms with E-state index in [2.05, 4.69) is 4.74 Å². The maximum atomic E-state index is 12.6. The van der Waals surface area contributed by atoms with Gasteiger partial charge in [0.15, 0.2) is 5.78 Å². The van der Waals surface area contributed by atoms with Crippen molar-refractivity contribution in [3.8, 4) is 5.75 Å². The Labute approximate surface area is 127 Å². The zero-order chi connectivity index (χ0) is 15.8. The summed E-state index contributed by atoms with van der Waals surface area (Å²) in [5, 5.41) is 0.354. The van der Waals surface area contributed by atoms with Gasteiger partial charge in [0.05, 0.1) is 12.2 Å². The van der Waals surface area contributed by atoms with Gasteiger partial charge in [-0.1, -0.05) is 11.6 Å². The molecule has 0 saturated carbocycles. The molecule has 0 aromatic heterocycles. The molecule has 0 saturated heterocycles. The van der Waals surface area contributed by atoms with Gasteiger partial charge in [0.1, 0.15) is 17.3 Å². The Kier molecular flexibility index (Phi) is 4.05. The van der Waals surface area contributed by atoms with Crippen LogP contribution in [0.25, 0.3) is 0 Å². The first kappa shape index (κ1) is 15.5. The van der Waals surface area contributed by atoms with Gasteiger partial charge < -0.3 is 9.47 Å². The van der Waals surface area contributed by atoms with E-state index < -0.39 is 29.1 Å². The Morgan fingerprint density at radius 2 is 2.05 bits per heavy atom. The van der Waals surface area contributed by atoms with Gasteiger partial charge >= 0.3 is 5.97 Å². The molecular weight excluding hydrogens is 296 g/mol. The number of halogens is 1. The van der Waals surface area contributed by atoms with Crippen LogP contribution in [0.2, 0.25) is 5.02 Å². The molecule has 1 atom stereocenters. The number of Topliss-reactive ketones (excluding diaryl/α,β-unsaturated/α-hetero) is 2. The number of rotatable bonds is 3. The van der Waals surface area contributed by atoms with Crippen LogP contribution in [0, 0.1) is 5.92 Å². The fourth-order valence-corrected chi connectivity index (χ4v) is 2.52. The lowest BCUT2D eigenvalue weighted by Gasteiger charge is -2.37. The van der Waals surface area contributed by atoms with E-state index >= 15 is 0 Å². The van der Waals surface area contributed by atoms with E-state index in [1.54, 1.807) is 32.9 Å². The minimum Gasteiger partial charge on any atom is -0.486 e. The van der Waals surface area contributed by atoms with Gasteiger partial charge in [-0.2, -0.15) is 0 Å². The van der Waals surface area contributed by atoms with Crippen molar-refractivity contribution in [3.63, 3.8) is 0 Å². The van der Waals surface area contributed by atoms with E-state index in [0.29, 0.717) is 10.8 Å². The summed E-state index contributed by atoms with van der Waals surface area (Å²) >= 11 is 5.87. The minimum absolute atomic E-state index is 0.0647. The van der Waals surface area contributed by atoms with E-state index in [1.807, 2.05) is 0 Å². The molecule has 1 aliphatic rings. The molecule has 1 aliphatic heterocycles. The number of fused-ring (bicyclic) bond motifs is 1. The van der Waals surface area contributed by atoms with Crippen molar-refractivity contribution in [1.82, 2.24) is 0 Å². The third kappa shape index (κ3) is 2.78. The molecule has 0 bridgehead atoms. The molecule has 5 nitrogen and oxygen atoms in total. The van der Waals surface area contributed by atoms with E-state index in [4.69, 9.17) is 16.3 Å². The quantitative estimate of drug-likeness (QED) is 0.487. The summed E-state index contributed by atoms with van der Waals surface area (Å²) in [5.74, 6) is -3.32. The molecule has 6 heteroatoms. The normalized spacial score (nSPS) is 19.4. The van der Waals surface area contributed by atoms with Crippen molar-refractivity contribution < 1.29 is 23.9 Å². The highest BCUT2D eigenvalue weighted by atomic mass is 35.5.